The van der Waals surface area contributed by atoms with Crippen LogP contribution in [-0.4, -0.2) is 39.4 Å². The van der Waals surface area contributed by atoms with E-state index in [1.54, 1.807) is 11.3 Å². The van der Waals surface area contributed by atoms with E-state index < -0.39 is 5.91 Å². The van der Waals surface area contributed by atoms with Gasteiger partial charge in [-0.25, -0.2) is 4.98 Å². The summed E-state index contributed by atoms with van der Waals surface area (Å²) >= 11 is 1.59. The van der Waals surface area contributed by atoms with Crippen molar-refractivity contribution in [2.75, 3.05) is 13.1 Å². The van der Waals surface area contributed by atoms with E-state index in [0.717, 1.165) is 53.6 Å². The zero-order chi connectivity index (χ0) is 21.3. The van der Waals surface area contributed by atoms with E-state index in [9.17, 15) is 9.59 Å². The molecule has 0 saturated carbocycles. The van der Waals surface area contributed by atoms with E-state index in [1.807, 2.05) is 23.3 Å². The average Bonchev–Trinajstić information content (AvgIpc) is 3.43. The minimum atomic E-state index is -0.434. The number of hydrogen-bond donors (Lipinski definition) is 1. The number of nitrogens with zero attached hydrogens (tertiary/aromatic N) is 3. The molecular formula is C23H26N4O2S. The van der Waals surface area contributed by atoms with E-state index in [2.05, 4.69) is 35.8 Å². The molecule has 7 heteroatoms. The SMILES string of the molecule is Cc1ccc(-c2nc(-c3cc(C(N)=O)c(C)n3CCCN3CCCC3=O)cs2)cc1. The molecule has 1 aliphatic heterocycles. The van der Waals surface area contributed by atoms with Crippen LogP contribution in [0.2, 0.25) is 0 Å². The van der Waals surface area contributed by atoms with Gasteiger partial charge in [0, 0.05) is 42.7 Å². The van der Waals surface area contributed by atoms with Gasteiger partial charge in [0.2, 0.25) is 5.91 Å². The topological polar surface area (TPSA) is 81.2 Å². The Morgan fingerprint density at radius 2 is 1.97 bits per heavy atom. The van der Waals surface area contributed by atoms with Crippen LogP contribution in [0.4, 0.5) is 0 Å². The Hall–Kier alpha value is -2.93. The third-order valence-electron chi connectivity index (χ3n) is 5.68. The van der Waals surface area contributed by atoms with Crippen molar-refractivity contribution in [2.45, 2.75) is 39.7 Å². The summed E-state index contributed by atoms with van der Waals surface area (Å²) in [6, 6.07) is 10.1. The summed E-state index contributed by atoms with van der Waals surface area (Å²) in [6.45, 7) is 6.25. The first-order chi connectivity index (χ1) is 14.4. The molecule has 0 aliphatic carbocycles. The fourth-order valence-corrected chi connectivity index (χ4v) is 4.80. The highest BCUT2D eigenvalue weighted by atomic mass is 32.1. The highest BCUT2D eigenvalue weighted by Gasteiger charge is 2.21. The summed E-state index contributed by atoms with van der Waals surface area (Å²) in [5.74, 6) is -0.198. The van der Waals surface area contributed by atoms with Gasteiger partial charge in [-0.05, 0) is 32.8 Å². The minimum Gasteiger partial charge on any atom is -0.366 e. The monoisotopic (exact) mass is 422 g/mol. The summed E-state index contributed by atoms with van der Waals surface area (Å²) in [5.41, 5.74) is 11.0. The highest BCUT2D eigenvalue weighted by Crippen LogP contribution is 2.31. The molecule has 0 unspecified atom stereocenters. The van der Waals surface area contributed by atoms with Gasteiger partial charge < -0.3 is 15.2 Å². The average molecular weight is 423 g/mol. The number of carbonyl (C=O) groups is 2. The van der Waals surface area contributed by atoms with Crippen LogP contribution in [0.3, 0.4) is 0 Å². The number of benzene rings is 1. The normalized spacial score (nSPS) is 13.9. The number of aryl methyl sites for hydroxylation is 1. The number of primary amides is 1. The number of amides is 2. The molecule has 2 aromatic heterocycles. The van der Waals surface area contributed by atoms with Crippen LogP contribution >= 0.6 is 11.3 Å². The molecule has 1 aliphatic rings. The van der Waals surface area contributed by atoms with Crippen LogP contribution < -0.4 is 5.73 Å². The van der Waals surface area contributed by atoms with Gasteiger partial charge in [0.25, 0.3) is 5.91 Å². The summed E-state index contributed by atoms with van der Waals surface area (Å²) in [5, 5.41) is 2.97. The first-order valence-electron chi connectivity index (χ1n) is 10.2. The van der Waals surface area contributed by atoms with E-state index in [-0.39, 0.29) is 5.91 Å². The molecule has 156 valence electrons. The largest absolute Gasteiger partial charge is 0.366 e. The van der Waals surface area contributed by atoms with Crippen molar-refractivity contribution in [1.82, 2.24) is 14.5 Å². The van der Waals surface area contributed by atoms with Crippen molar-refractivity contribution in [1.29, 1.82) is 0 Å². The Morgan fingerprint density at radius 1 is 1.20 bits per heavy atom. The van der Waals surface area contributed by atoms with Gasteiger partial charge in [0.1, 0.15) is 5.01 Å². The molecule has 0 spiro atoms. The zero-order valence-corrected chi connectivity index (χ0v) is 18.2. The Bertz CT molecular complexity index is 1080. The van der Waals surface area contributed by atoms with Crippen molar-refractivity contribution in [3.05, 3.63) is 52.5 Å². The fraction of sp³-hybridized carbons (Fsp3) is 0.348. The molecule has 1 saturated heterocycles. The molecule has 1 aromatic carbocycles. The third-order valence-corrected chi connectivity index (χ3v) is 6.57. The Kier molecular flexibility index (Phi) is 5.72. The Labute approximate surface area is 180 Å². The van der Waals surface area contributed by atoms with Gasteiger partial charge in [-0.1, -0.05) is 29.8 Å². The Morgan fingerprint density at radius 3 is 2.63 bits per heavy atom. The second kappa shape index (κ2) is 8.44. The van der Waals surface area contributed by atoms with Gasteiger partial charge in [-0.3, -0.25) is 9.59 Å². The van der Waals surface area contributed by atoms with Crippen molar-refractivity contribution in [3.8, 4) is 22.0 Å². The van der Waals surface area contributed by atoms with Gasteiger partial charge in [0.15, 0.2) is 0 Å². The van der Waals surface area contributed by atoms with Crippen LogP contribution in [0, 0.1) is 13.8 Å². The second-order valence-electron chi connectivity index (χ2n) is 7.79. The molecule has 3 aromatic rings. The molecular weight excluding hydrogens is 396 g/mol. The van der Waals surface area contributed by atoms with Crippen LogP contribution in [0.1, 0.15) is 40.9 Å². The predicted octanol–water partition coefficient (Wildman–Crippen LogP) is 4.01. The number of thiazole rings is 1. The minimum absolute atomic E-state index is 0.236. The quantitative estimate of drug-likeness (QED) is 0.625. The number of carbonyl (C=O) groups excluding carboxylic acids is 2. The molecule has 0 radical (unpaired) electrons. The fourth-order valence-electron chi connectivity index (χ4n) is 3.98. The maximum atomic E-state index is 11.9. The predicted molar refractivity (Wildman–Crippen MR) is 119 cm³/mol. The van der Waals surface area contributed by atoms with Crippen molar-refractivity contribution in [2.24, 2.45) is 5.73 Å². The number of hydrogen-bond acceptors (Lipinski definition) is 4. The molecule has 2 N–H and O–H groups in total. The van der Waals surface area contributed by atoms with E-state index >= 15 is 0 Å². The summed E-state index contributed by atoms with van der Waals surface area (Å²) in [4.78, 5) is 30.6. The molecule has 0 bridgehead atoms. The lowest BCUT2D eigenvalue weighted by molar-refractivity contribution is -0.127. The first kappa shape index (κ1) is 20.3. The molecule has 30 heavy (non-hydrogen) atoms. The summed E-state index contributed by atoms with van der Waals surface area (Å²) in [6.07, 6.45) is 2.42. The van der Waals surface area contributed by atoms with Gasteiger partial charge in [-0.2, -0.15) is 0 Å². The maximum absolute atomic E-state index is 11.9. The molecule has 4 rings (SSSR count). The van der Waals surface area contributed by atoms with Gasteiger partial charge >= 0.3 is 0 Å². The van der Waals surface area contributed by atoms with E-state index in [1.165, 1.54) is 5.56 Å². The van der Waals surface area contributed by atoms with Crippen LogP contribution in [0.5, 0.6) is 0 Å². The molecule has 1 fully saturated rings. The molecule has 3 heterocycles. The first-order valence-corrected chi connectivity index (χ1v) is 11.1. The van der Waals surface area contributed by atoms with Gasteiger partial charge in [0.05, 0.1) is 17.0 Å². The van der Waals surface area contributed by atoms with Gasteiger partial charge in [-0.15, -0.1) is 11.3 Å². The van der Waals surface area contributed by atoms with Crippen LogP contribution in [0.25, 0.3) is 22.0 Å². The lowest BCUT2D eigenvalue weighted by Gasteiger charge is -2.17. The van der Waals surface area contributed by atoms with Crippen molar-refractivity contribution < 1.29 is 9.59 Å². The van der Waals surface area contributed by atoms with Crippen molar-refractivity contribution in [3.63, 3.8) is 0 Å². The summed E-state index contributed by atoms with van der Waals surface area (Å²) < 4.78 is 2.11. The van der Waals surface area contributed by atoms with Crippen molar-refractivity contribution >= 4 is 23.2 Å². The molecule has 6 nitrogen and oxygen atoms in total. The number of nitrogens with two attached hydrogens (primary N) is 1. The van der Waals surface area contributed by atoms with E-state index in [0.29, 0.717) is 18.5 Å². The maximum Gasteiger partial charge on any atom is 0.250 e. The number of aromatic nitrogens is 2. The van der Waals surface area contributed by atoms with Crippen LogP contribution in [-0.2, 0) is 11.3 Å². The second-order valence-corrected chi connectivity index (χ2v) is 8.64. The highest BCUT2D eigenvalue weighted by molar-refractivity contribution is 7.13. The Balaban J connectivity index is 1.60. The lowest BCUT2D eigenvalue weighted by atomic mass is 10.2. The van der Waals surface area contributed by atoms with E-state index in [4.69, 9.17) is 10.7 Å². The lowest BCUT2D eigenvalue weighted by Crippen LogP contribution is -2.26. The third kappa shape index (κ3) is 4.03. The molecule has 0 atom stereocenters. The summed E-state index contributed by atoms with van der Waals surface area (Å²) in [7, 11) is 0. The zero-order valence-electron chi connectivity index (χ0n) is 17.4. The standard InChI is InChI=1S/C23H26N4O2S/c1-15-6-8-17(9-7-15)23-25-19(14-30-23)20-13-18(22(24)29)16(2)27(20)12-4-11-26-10-3-5-21(26)28/h6-9,13-14H,3-5,10-12H2,1-2H3,(H2,24,29). The number of likely N-dealkylation sites (tertiary alicyclic amines) is 1. The smallest absolute Gasteiger partial charge is 0.250 e. The molecule has 2 amide bonds. The van der Waals surface area contributed by atoms with Crippen LogP contribution in [0.15, 0.2) is 35.7 Å². The number of rotatable bonds is 7.